The van der Waals surface area contributed by atoms with Crippen molar-refractivity contribution in [3.63, 3.8) is 0 Å². The van der Waals surface area contributed by atoms with Gasteiger partial charge in [0.25, 0.3) is 0 Å². The Morgan fingerprint density at radius 1 is 1.09 bits per heavy atom. The maximum absolute atomic E-state index is 10.8. The quantitative estimate of drug-likeness (QED) is 0.169. The largest absolute Gasteiger partial charge is 0.478 e. The molecule has 1 unspecified atom stereocenters. The molecule has 7 N–H and O–H groups in total. The summed E-state index contributed by atoms with van der Waals surface area (Å²) in [5.74, 6) is -0.965. The number of hydrogen-bond acceptors (Lipinski definition) is 3. The molecule has 0 rings (SSSR count). The molecule has 0 heterocycles. The Hall–Kier alpha value is -1.56. The minimum atomic E-state index is -0.952. The molecule has 0 fully saturated rings. The zero-order valence-corrected chi connectivity index (χ0v) is 14.5. The Balaban J connectivity index is 3.78. The standard InChI is InChI=1S/C17H34N4O2/c1-2-3-10-15(18)11-8-6-4-5-7-9-14(12-16(22)23)13-21-17(19)20/h12,15H,2-11,13,18H2,1H3,(H,22,23)(H4,19,20,21). The van der Waals surface area contributed by atoms with Gasteiger partial charge in [-0.2, -0.15) is 0 Å². The summed E-state index contributed by atoms with van der Waals surface area (Å²) in [7, 11) is 0. The zero-order valence-electron chi connectivity index (χ0n) is 14.5. The van der Waals surface area contributed by atoms with Crippen molar-refractivity contribution in [1.82, 2.24) is 0 Å². The van der Waals surface area contributed by atoms with E-state index in [4.69, 9.17) is 22.3 Å². The molecule has 0 saturated heterocycles. The second-order valence-electron chi connectivity index (χ2n) is 6.09. The number of carboxylic acid groups (broad SMARTS) is 1. The zero-order chi connectivity index (χ0) is 17.5. The molecule has 6 nitrogen and oxygen atoms in total. The number of rotatable bonds is 14. The van der Waals surface area contributed by atoms with Gasteiger partial charge in [0.1, 0.15) is 0 Å². The Labute approximate surface area is 140 Å². The van der Waals surface area contributed by atoms with Crippen molar-refractivity contribution in [1.29, 1.82) is 0 Å². The molecule has 0 aromatic heterocycles. The summed E-state index contributed by atoms with van der Waals surface area (Å²) in [4.78, 5) is 14.6. The van der Waals surface area contributed by atoms with Gasteiger partial charge in [0, 0.05) is 12.1 Å². The van der Waals surface area contributed by atoms with Crippen LogP contribution in [0.4, 0.5) is 0 Å². The van der Waals surface area contributed by atoms with Crippen molar-refractivity contribution in [2.24, 2.45) is 22.2 Å². The smallest absolute Gasteiger partial charge is 0.328 e. The van der Waals surface area contributed by atoms with E-state index in [1.54, 1.807) is 0 Å². The minimum Gasteiger partial charge on any atom is -0.478 e. The molecule has 0 aromatic rings. The van der Waals surface area contributed by atoms with E-state index in [2.05, 4.69) is 11.9 Å². The van der Waals surface area contributed by atoms with Crippen LogP contribution in [-0.4, -0.2) is 29.6 Å². The van der Waals surface area contributed by atoms with Crippen molar-refractivity contribution < 1.29 is 9.90 Å². The second-order valence-corrected chi connectivity index (χ2v) is 6.09. The van der Waals surface area contributed by atoms with E-state index in [1.165, 1.54) is 31.8 Å². The van der Waals surface area contributed by atoms with Gasteiger partial charge in [0.2, 0.25) is 0 Å². The van der Waals surface area contributed by atoms with Crippen LogP contribution < -0.4 is 17.2 Å². The molecule has 0 aliphatic rings. The molecular weight excluding hydrogens is 292 g/mol. The molecule has 1 atom stereocenters. The summed E-state index contributed by atoms with van der Waals surface area (Å²) >= 11 is 0. The van der Waals surface area contributed by atoms with Crippen LogP contribution in [0.3, 0.4) is 0 Å². The number of aliphatic carboxylic acids is 1. The molecule has 23 heavy (non-hydrogen) atoms. The fraction of sp³-hybridized carbons (Fsp3) is 0.765. The lowest BCUT2D eigenvalue weighted by molar-refractivity contribution is -0.131. The summed E-state index contributed by atoms with van der Waals surface area (Å²) in [6.07, 6.45) is 12.2. The third-order valence-electron chi connectivity index (χ3n) is 3.79. The predicted molar refractivity (Wildman–Crippen MR) is 96.2 cm³/mol. The van der Waals surface area contributed by atoms with Crippen LogP contribution in [0, 0.1) is 0 Å². The van der Waals surface area contributed by atoms with Gasteiger partial charge in [-0.25, -0.2) is 9.79 Å². The first-order chi connectivity index (χ1) is 11.0. The van der Waals surface area contributed by atoms with Gasteiger partial charge in [-0.15, -0.1) is 0 Å². The van der Waals surface area contributed by atoms with Gasteiger partial charge in [-0.3, -0.25) is 0 Å². The van der Waals surface area contributed by atoms with Gasteiger partial charge < -0.3 is 22.3 Å². The number of carboxylic acids is 1. The fourth-order valence-corrected chi connectivity index (χ4v) is 2.46. The monoisotopic (exact) mass is 326 g/mol. The molecule has 0 spiro atoms. The van der Waals surface area contributed by atoms with Crippen LogP contribution >= 0.6 is 0 Å². The number of guanidine groups is 1. The number of hydrogen-bond donors (Lipinski definition) is 4. The van der Waals surface area contributed by atoms with E-state index in [0.717, 1.165) is 44.1 Å². The maximum atomic E-state index is 10.8. The van der Waals surface area contributed by atoms with Crippen molar-refractivity contribution in [2.45, 2.75) is 77.2 Å². The molecular formula is C17H34N4O2. The number of carbonyl (C=O) groups is 1. The van der Waals surface area contributed by atoms with Crippen LogP contribution in [0.2, 0.25) is 0 Å². The molecule has 0 aliphatic heterocycles. The first kappa shape index (κ1) is 21.4. The predicted octanol–water partition coefficient (Wildman–Crippen LogP) is 2.52. The lowest BCUT2D eigenvalue weighted by Gasteiger charge is -2.10. The van der Waals surface area contributed by atoms with Crippen molar-refractivity contribution in [3.05, 3.63) is 11.6 Å². The number of unbranched alkanes of at least 4 members (excludes halogenated alkanes) is 5. The Morgan fingerprint density at radius 2 is 1.70 bits per heavy atom. The molecule has 0 saturated carbocycles. The van der Waals surface area contributed by atoms with Crippen LogP contribution in [0.15, 0.2) is 16.6 Å². The van der Waals surface area contributed by atoms with Crippen LogP contribution in [0.25, 0.3) is 0 Å². The van der Waals surface area contributed by atoms with E-state index in [9.17, 15) is 4.79 Å². The number of nitrogens with zero attached hydrogens (tertiary/aromatic N) is 1. The van der Waals surface area contributed by atoms with E-state index in [0.29, 0.717) is 6.04 Å². The number of aliphatic imine (C=N–C) groups is 1. The van der Waals surface area contributed by atoms with Gasteiger partial charge in [-0.05, 0) is 31.3 Å². The molecule has 0 aromatic carbocycles. The van der Waals surface area contributed by atoms with Crippen LogP contribution in [0.5, 0.6) is 0 Å². The van der Waals surface area contributed by atoms with Gasteiger partial charge in [0.15, 0.2) is 5.96 Å². The topological polar surface area (TPSA) is 128 Å². The van der Waals surface area contributed by atoms with E-state index in [-0.39, 0.29) is 12.5 Å². The highest BCUT2D eigenvalue weighted by atomic mass is 16.4. The second kappa shape index (κ2) is 14.1. The Morgan fingerprint density at radius 3 is 2.30 bits per heavy atom. The first-order valence-electron chi connectivity index (χ1n) is 8.69. The van der Waals surface area contributed by atoms with Crippen molar-refractivity contribution in [3.8, 4) is 0 Å². The first-order valence-corrected chi connectivity index (χ1v) is 8.69. The van der Waals surface area contributed by atoms with Crippen molar-refractivity contribution in [2.75, 3.05) is 6.54 Å². The third-order valence-corrected chi connectivity index (χ3v) is 3.79. The van der Waals surface area contributed by atoms with E-state index < -0.39 is 5.97 Å². The minimum absolute atomic E-state index is 0.0132. The van der Waals surface area contributed by atoms with Gasteiger partial charge in [-0.1, -0.05) is 45.4 Å². The summed E-state index contributed by atoms with van der Waals surface area (Å²) in [6.45, 7) is 2.45. The van der Waals surface area contributed by atoms with Crippen molar-refractivity contribution >= 4 is 11.9 Å². The maximum Gasteiger partial charge on any atom is 0.328 e. The SMILES string of the molecule is CCCCC(N)CCCCCCCC(=CC(=O)O)CN=C(N)N. The number of nitrogens with two attached hydrogens (primary N) is 3. The third kappa shape index (κ3) is 15.1. The molecule has 0 radical (unpaired) electrons. The summed E-state index contributed by atoms with van der Waals surface area (Å²) in [6, 6.07) is 0.347. The van der Waals surface area contributed by atoms with E-state index >= 15 is 0 Å². The fourth-order valence-electron chi connectivity index (χ4n) is 2.46. The average molecular weight is 326 g/mol. The normalized spacial score (nSPS) is 12.9. The average Bonchev–Trinajstić information content (AvgIpc) is 2.48. The highest BCUT2D eigenvalue weighted by Gasteiger charge is 2.03. The molecule has 134 valence electrons. The molecule has 0 aliphatic carbocycles. The summed E-state index contributed by atoms with van der Waals surface area (Å²) in [5, 5.41) is 8.84. The molecule has 6 heteroatoms. The molecule has 0 bridgehead atoms. The van der Waals surface area contributed by atoms with Gasteiger partial charge in [0.05, 0.1) is 6.54 Å². The lowest BCUT2D eigenvalue weighted by Crippen LogP contribution is -2.23. The summed E-state index contributed by atoms with van der Waals surface area (Å²) in [5.41, 5.74) is 17.4. The highest BCUT2D eigenvalue weighted by molar-refractivity contribution is 5.81. The van der Waals surface area contributed by atoms with E-state index in [1.807, 2.05) is 0 Å². The highest BCUT2D eigenvalue weighted by Crippen LogP contribution is 2.14. The van der Waals surface area contributed by atoms with Crippen LogP contribution in [-0.2, 0) is 4.79 Å². The lowest BCUT2D eigenvalue weighted by atomic mass is 10.0. The molecule has 0 amide bonds. The van der Waals surface area contributed by atoms with Gasteiger partial charge >= 0.3 is 5.97 Å². The Bertz CT molecular complexity index is 377. The summed E-state index contributed by atoms with van der Waals surface area (Å²) < 4.78 is 0. The Kier molecular flexibility index (Phi) is 13.1. The van der Waals surface area contributed by atoms with Crippen LogP contribution in [0.1, 0.15) is 71.1 Å².